The highest BCUT2D eigenvalue weighted by Gasteiger charge is 2.25. The van der Waals surface area contributed by atoms with E-state index in [1.54, 1.807) is 15.6 Å². The molecule has 4 aromatic rings. The number of benzene rings is 1. The lowest BCUT2D eigenvalue weighted by Crippen LogP contribution is -2.23. The van der Waals surface area contributed by atoms with Gasteiger partial charge in [0.1, 0.15) is 5.39 Å². The molecule has 0 amide bonds. The van der Waals surface area contributed by atoms with Gasteiger partial charge in [0, 0.05) is 37.2 Å². The number of aromatic nitrogens is 6. The monoisotopic (exact) mass is 416 g/mol. The molecule has 3 aromatic heterocycles. The number of hydrogen-bond acceptors (Lipinski definition) is 6. The topological polar surface area (TPSA) is 94.6 Å². The number of nitrogens with zero attached hydrogens (tertiary/aromatic N) is 6. The van der Waals surface area contributed by atoms with Crippen LogP contribution in [0, 0.1) is 0 Å². The van der Waals surface area contributed by atoms with Crippen LogP contribution in [0.5, 0.6) is 0 Å². The third kappa shape index (κ3) is 3.12. The van der Waals surface area contributed by atoms with Crippen LogP contribution in [0.1, 0.15) is 36.9 Å². The fourth-order valence-electron chi connectivity index (χ4n) is 4.28. The molecule has 9 heteroatoms. The van der Waals surface area contributed by atoms with E-state index < -0.39 is 0 Å². The minimum atomic E-state index is -0.107. The number of rotatable bonds is 5. The fraction of sp³-hybridized carbons (Fsp3) is 0.364. The molecule has 2 aliphatic rings. The van der Waals surface area contributed by atoms with Crippen LogP contribution < -0.4 is 16.2 Å². The van der Waals surface area contributed by atoms with Gasteiger partial charge in [0.15, 0.2) is 11.5 Å². The zero-order valence-electron chi connectivity index (χ0n) is 17.4. The highest BCUT2D eigenvalue weighted by molar-refractivity contribution is 5.77. The molecule has 1 aromatic carbocycles. The van der Waals surface area contributed by atoms with Gasteiger partial charge in [-0.15, -0.1) is 0 Å². The van der Waals surface area contributed by atoms with Crippen molar-refractivity contribution in [1.29, 1.82) is 0 Å². The van der Waals surface area contributed by atoms with Crippen LogP contribution in [0.4, 0.5) is 11.6 Å². The summed E-state index contributed by atoms with van der Waals surface area (Å²) in [6.45, 7) is 4.35. The highest BCUT2D eigenvalue weighted by Crippen LogP contribution is 2.34. The largest absolute Gasteiger partial charge is 0.324 e. The van der Waals surface area contributed by atoms with Gasteiger partial charge in [-0.05, 0) is 56.0 Å². The molecule has 0 saturated heterocycles. The van der Waals surface area contributed by atoms with Crippen LogP contribution in [0.3, 0.4) is 0 Å². The zero-order chi connectivity index (χ0) is 20.9. The third-order valence-corrected chi connectivity index (χ3v) is 6.06. The Labute approximate surface area is 178 Å². The first-order chi connectivity index (χ1) is 15.2. The molecule has 0 bridgehead atoms. The minimum Gasteiger partial charge on any atom is -0.324 e. The standard InChI is InChI=1S/C22H24N8O/c1-2-29-21(31)18-13-24-22(25-16-4-3-14-7-9-23-12-15(14)11-16)26-20(18)30(29)19-8-10-28(27-19)17-5-6-17/h3-4,8,10-11,13,17,23H,2,5-7,9,12H2,1H3,(H,24,25,26). The van der Waals surface area contributed by atoms with Gasteiger partial charge < -0.3 is 10.6 Å². The van der Waals surface area contributed by atoms with Crippen molar-refractivity contribution in [2.45, 2.75) is 45.3 Å². The third-order valence-electron chi connectivity index (χ3n) is 6.06. The minimum absolute atomic E-state index is 0.107. The number of hydrogen-bond donors (Lipinski definition) is 2. The summed E-state index contributed by atoms with van der Waals surface area (Å²) >= 11 is 0. The fourth-order valence-corrected chi connectivity index (χ4v) is 4.28. The lowest BCUT2D eigenvalue weighted by molar-refractivity contribution is 0.553. The summed E-state index contributed by atoms with van der Waals surface area (Å²) in [6, 6.07) is 8.76. The number of fused-ring (bicyclic) bond motifs is 2. The smallest absolute Gasteiger partial charge is 0.278 e. The van der Waals surface area contributed by atoms with Crippen molar-refractivity contribution in [3.8, 4) is 5.82 Å². The first-order valence-electron chi connectivity index (χ1n) is 10.8. The second-order valence-electron chi connectivity index (χ2n) is 8.18. The van der Waals surface area contributed by atoms with Gasteiger partial charge >= 0.3 is 0 Å². The molecule has 1 saturated carbocycles. The van der Waals surface area contributed by atoms with Crippen LogP contribution in [-0.2, 0) is 19.5 Å². The summed E-state index contributed by atoms with van der Waals surface area (Å²) in [5, 5.41) is 11.9. The van der Waals surface area contributed by atoms with Gasteiger partial charge in [-0.3, -0.25) is 9.48 Å². The molecule has 1 fully saturated rings. The van der Waals surface area contributed by atoms with Crippen molar-refractivity contribution in [2.75, 3.05) is 11.9 Å². The number of anilines is 2. The van der Waals surface area contributed by atoms with E-state index in [4.69, 9.17) is 10.1 Å². The van der Waals surface area contributed by atoms with E-state index in [9.17, 15) is 4.79 Å². The van der Waals surface area contributed by atoms with Crippen molar-refractivity contribution < 1.29 is 0 Å². The summed E-state index contributed by atoms with van der Waals surface area (Å²) in [5.41, 5.74) is 4.05. The molecule has 0 unspecified atom stereocenters. The van der Waals surface area contributed by atoms with E-state index in [1.165, 1.54) is 11.1 Å². The van der Waals surface area contributed by atoms with Crippen LogP contribution in [-0.4, -0.2) is 35.7 Å². The van der Waals surface area contributed by atoms with E-state index in [2.05, 4.69) is 33.8 Å². The van der Waals surface area contributed by atoms with Crippen molar-refractivity contribution in [3.63, 3.8) is 0 Å². The predicted molar refractivity (Wildman–Crippen MR) is 118 cm³/mol. The summed E-state index contributed by atoms with van der Waals surface area (Å²) in [5.74, 6) is 1.16. The summed E-state index contributed by atoms with van der Waals surface area (Å²) in [7, 11) is 0. The Bertz CT molecular complexity index is 1340. The molecule has 9 nitrogen and oxygen atoms in total. The van der Waals surface area contributed by atoms with E-state index in [0.717, 1.165) is 38.0 Å². The Hall–Kier alpha value is -3.46. The van der Waals surface area contributed by atoms with Crippen LogP contribution in [0.15, 0.2) is 41.5 Å². The molecule has 1 aliphatic carbocycles. The van der Waals surface area contributed by atoms with Crippen LogP contribution in [0.2, 0.25) is 0 Å². The molecule has 31 heavy (non-hydrogen) atoms. The Morgan fingerprint density at radius 1 is 1.23 bits per heavy atom. The van der Waals surface area contributed by atoms with E-state index >= 15 is 0 Å². The van der Waals surface area contributed by atoms with Gasteiger partial charge in [0.05, 0.1) is 6.04 Å². The lowest BCUT2D eigenvalue weighted by atomic mass is 10.0. The zero-order valence-corrected chi connectivity index (χ0v) is 17.4. The maximum absolute atomic E-state index is 12.9. The Balaban J connectivity index is 1.42. The first kappa shape index (κ1) is 18.3. The number of nitrogens with one attached hydrogen (secondary N) is 2. The van der Waals surface area contributed by atoms with Crippen molar-refractivity contribution in [2.24, 2.45) is 0 Å². The average Bonchev–Trinajstić information content (AvgIpc) is 3.47. The van der Waals surface area contributed by atoms with E-state index in [1.807, 2.05) is 23.9 Å². The van der Waals surface area contributed by atoms with Crippen molar-refractivity contribution in [3.05, 3.63) is 58.1 Å². The normalized spacial score (nSPS) is 15.9. The molecular formula is C22H24N8O. The first-order valence-corrected chi connectivity index (χ1v) is 10.8. The molecule has 2 N–H and O–H groups in total. The Morgan fingerprint density at radius 2 is 2.13 bits per heavy atom. The van der Waals surface area contributed by atoms with Gasteiger partial charge in [-0.2, -0.15) is 10.1 Å². The van der Waals surface area contributed by atoms with Crippen molar-refractivity contribution in [1.82, 2.24) is 34.4 Å². The van der Waals surface area contributed by atoms with Gasteiger partial charge in [0.25, 0.3) is 5.56 Å². The Morgan fingerprint density at radius 3 is 2.97 bits per heavy atom. The van der Waals surface area contributed by atoms with Gasteiger partial charge in [0.2, 0.25) is 5.95 Å². The molecule has 6 rings (SSSR count). The Kier molecular flexibility index (Phi) is 4.17. The van der Waals surface area contributed by atoms with Crippen LogP contribution in [0.25, 0.3) is 16.9 Å². The maximum atomic E-state index is 12.9. The van der Waals surface area contributed by atoms with Crippen molar-refractivity contribution >= 4 is 22.7 Å². The predicted octanol–water partition coefficient (Wildman–Crippen LogP) is 2.52. The SMILES string of the molecule is CCn1c(=O)c2cnc(Nc3ccc4c(c3)CNCC4)nc2n1-c1ccn(C2CC2)n1. The molecule has 0 spiro atoms. The molecule has 4 heterocycles. The van der Waals surface area contributed by atoms with Crippen LogP contribution >= 0.6 is 0 Å². The second-order valence-corrected chi connectivity index (χ2v) is 8.18. The molecule has 1 aliphatic heterocycles. The molecule has 0 radical (unpaired) electrons. The van der Waals surface area contributed by atoms with Gasteiger partial charge in [-0.25, -0.2) is 14.3 Å². The van der Waals surface area contributed by atoms with E-state index in [-0.39, 0.29) is 5.56 Å². The molecule has 0 atom stereocenters. The molecular weight excluding hydrogens is 392 g/mol. The lowest BCUT2D eigenvalue weighted by Gasteiger charge is -2.18. The summed E-state index contributed by atoms with van der Waals surface area (Å²) in [6.07, 6.45) is 6.93. The second kappa shape index (κ2) is 7.05. The highest BCUT2D eigenvalue weighted by atomic mass is 16.1. The average molecular weight is 416 g/mol. The summed E-state index contributed by atoms with van der Waals surface area (Å²) in [4.78, 5) is 22.1. The molecule has 158 valence electrons. The quantitative estimate of drug-likeness (QED) is 0.519. The summed E-state index contributed by atoms with van der Waals surface area (Å²) < 4.78 is 5.45. The maximum Gasteiger partial charge on any atom is 0.278 e. The van der Waals surface area contributed by atoms with Gasteiger partial charge in [-0.1, -0.05) is 6.07 Å². The van der Waals surface area contributed by atoms with E-state index in [0.29, 0.717) is 35.4 Å².